The van der Waals surface area contributed by atoms with Crippen LogP contribution in [0.5, 0.6) is 5.75 Å². The van der Waals surface area contributed by atoms with Crippen LogP contribution in [-0.2, 0) is 20.7 Å². The third-order valence-electron chi connectivity index (χ3n) is 4.01. The lowest BCUT2D eigenvalue weighted by Gasteiger charge is -2.10. The lowest BCUT2D eigenvalue weighted by atomic mass is 10.2. The summed E-state index contributed by atoms with van der Waals surface area (Å²) < 4.78 is 12.8. The Morgan fingerprint density at radius 2 is 1.97 bits per heavy atom. The van der Waals surface area contributed by atoms with Crippen LogP contribution < -0.4 is 21.7 Å². The summed E-state index contributed by atoms with van der Waals surface area (Å²) in [6.07, 6.45) is 0. The largest absolute Gasteiger partial charge is 0.482 e. The Labute approximate surface area is 183 Å². The van der Waals surface area contributed by atoms with Gasteiger partial charge < -0.3 is 14.9 Å². The summed E-state index contributed by atoms with van der Waals surface area (Å²) in [5.74, 6) is -0.410. The molecule has 2 heterocycles. The molecular weight excluding hydrogens is 457 g/mol. The van der Waals surface area contributed by atoms with Crippen molar-refractivity contribution >= 4 is 46.6 Å². The zero-order chi connectivity index (χ0) is 22.0. The smallest absolute Gasteiger partial charge is 0.332 e. The number of thioether (sulfide) groups is 1. The number of Topliss-reactive ketones (excluding diaryl/α,β-unsaturated/α-hetero) is 1. The minimum atomic E-state index is -0.763. The molecule has 0 aliphatic carbocycles. The number of anilines is 1. The van der Waals surface area contributed by atoms with Gasteiger partial charge in [0.1, 0.15) is 17.1 Å². The fourth-order valence-electron chi connectivity index (χ4n) is 2.41. The van der Waals surface area contributed by atoms with Crippen molar-refractivity contribution in [3.63, 3.8) is 0 Å². The second kappa shape index (κ2) is 8.94. The second-order valence-corrected chi connectivity index (χ2v) is 7.77. The topological polar surface area (TPSA) is 135 Å². The number of rotatable bonds is 7. The van der Waals surface area contributed by atoms with E-state index < -0.39 is 17.0 Å². The van der Waals surface area contributed by atoms with Crippen molar-refractivity contribution in [1.82, 2.24) is 19.3 Å². The van der Waals surface area contributed by atoms with Crippen LogP contribution in [0.2, 0.25) is 10.0 Å². The monoisotopic (exact) mass is 471 g/mol. The standard InChI is InChI=1S/C17H15Cl2N5O5S/c1-23-14(20)13(15(26)24(2)17(23)27)10(25)7-30-16-22-21-12(29-16)6-28-11-4-3-8(18)5-9(11)19/h3-5H,6-7,20H2,1-2H3. The molecule has 0 fully saturated rings. The van der Waals surface area contributed by atoms with Crippen LogP contribution in [-0.4, -0.2) is 30.9 Å². The van der Waals surface area contributed by atoms with Gasteiger partial charge in [-0.2, -0.15) is 0 Å². The van der Waals surface area contributed by atoms with Gasteiger partial charge in [-0.15, -0.1) is 10.2 Å². The number of nitrogens with two attached hydrogens (primary N) is 1. The zero-order valence-corrected chi connectivity index (χ0v) is 18.0. The maximum Gasteiger partial charge on any atom is 0.332 e. The Kier molecular flexibility index (Phi) is 6.54. The van der Waals surface area contributed by atoms with Crippen molar-refractivity contribution in [2.75, 3.05) is 11.5 Å². The molecule has 10 nitrogen and oxygen atoms in total. The number of ether oxygens (including phenoxy) is 1. The first-order chi connectivity index (χ1) is 14.2. The highest BCUT2D eigenvalue weighted by atomic mass is 35.5. The molecule has 0 saturated carbocycles. The average Bonchev–Trinajstić information content (AvgIpc) is 3.16. The summed E-state index contributed by atoms with van der Waals surface area (Å²) in [6.45, 7) is -0.0445. The summed E-state index contributed by atoms with van der Waals surface area (Å²) in [4.78, 5) is 36.6. The zero-order valence-electron chi connectivity index (χ0n) is 15.7. The van der Waals surface area contributed by atoms with E-state index in [1.807, 2.05) is 0 Å². The molecule has 13 heteroatoms. The maximum atomic E-state index is 12.5. The summed E-state index contributed by atoms with van der Waals surface area (Å²) in [7, 11) is 2.64. The number of hydrogen-bond acceptors (Lipinski definition) is 9. The van der Waals surface area contributed by atoms with Crippen molar-refractivity contribution in [2.24, 2.45) is 14.1 Å². The summed E-state index contributed by atoms with van der Waals surface area (Å²) in [5.41, 5.74) is 4.12. The molecule has 0 bridgehead atoms. The molecular formula is C17H15Cl2N5O5S. The Bertz CT molecular complexity index is 1240. The SMILES string of the molecule is Cn1c(N)c(C(=O)CSc2nnc(COc3ccc(Cl)cc3Cl)o2)c(=O)n(C)c1=O. The number of nitrogens with zero attached hydrogens (tertiary/aromatic N) is 4. The van der Waals surface area contributed by atoms with Crippen LogP contribution in [0.1, 0.15) is 16.2 Å². The Morgan fingerprint density at radius 1 is 1.23 bits per heavy atom. The van der Waals surface area contributed by atoms with E-state index in [0.717, 1.165) is 20.9 Å². The van der Waals surface area contributed by atoms with E-state index in [4.69, 9.17) is 38.1 Å². The number of nitrogen functional groups attached to an aromatic ring is 1. The van der Waals surface area contributed by atoms with Crippen LogP contribution in [0.25, 0.3) is 0 Å². The van der Waals surface area contributed by atoms with Gasteiger partial charge in [0, 0.05) is 19.1 Å². The number of hydrogen-bond donors (Lipinski definition) is 1. The molecule has 158 valence electrons. The van der Waals surface area contributed by atoms with Gasteiger partial charge in [-0.1, -0.05) is 35.0 Å². The van der Waals surface area contributed by atoms with Crippen LogP contribution >= 0.6 is 35.0 Å². The minimum absolute atomic E-state index is 0.0445. The average molecular weight is 472 g/mol. The van der Waals surface area contributed by atoms with Crippen LogP contribution in [0, 0.1) is 0 Å². The van der Waals surface area contributed by atoms with E-state index in [-0.39, 0.29) is 34.9 Å². The number of carbonyl (C=O) groups is 1. The molecule has 2 aromatic heterocycles. The van der Waals surface area contributed by atoms with E-state index >= 15 is 0 Å². The molecule has 0 unspecified atom stereocenters. The molecule has 0 saturated heterocycles. The Hall–Kier alpha value is -2.76. The fourth-order valence-corrected chi connectivity index (χ4v) is 3.52. The second-order valence-electron chi connectivity index (χ2n) is 6.00. The number of halogens is 2. The highest BCUT2D eigenvalue weighted by Crippen LogP contribution is 2.28. The first-order valence-electron chi connectivity index (χ1n) is 8.30. The molecule has 0 aliphatic rings. The molecule has 1 aromatic carbocycles. The van der Waals surface area contributed by atoms with E-state index in [9.17, 15) is 14.4 Å². The number of aromatic nitrogens is 4. The normalized spacial score (nSPS) is 10.9. The number of benzene rings is 1. The van der Waals surface area contributed by atoms with Crippen molar-refractivity contribution < 1.29 is 13.9 Å². The van der Waals surface area contributed by atoms with Crippen molar-refractivity contribution in [3.8, 4) is 5.75 Å². The van der Waals surface area contributed by atoms with Gasteiger partial charge in [0.25, 0.3) is 16.7 Å². The van der Waals surface area contributed by atoms with E-state index in [1.165, 1.54) is 20.2 Å². The van der Waals surface area contributed by atoms with Crippen molar-refractivity contribution in [2.45, 2.75) is 11.8 Å². The highest BCUT2D eigenvalue weighted by molar-refractivity contribution is 7.99. The molecule has 0 spiro atoms. The molecule has 3 rings (SSSR count). The first kappa shape index (κ1) is 21.9. The molecule has 0 radical (unpaired) electrons. The molecule has 3 aromatic rings. The van der Waals surface area contributed by atoms with Gasteiger partial charge in [-0.3, -0.25) is 18.7 Å². The molecule has 0 atom stereocenters. The van der Waals surface area contributed by atoms with Crippen molar-refractivity contribution in [3.05, 3.63) is 60.5 Å². The van der Waals surface area contributed by atoms with Crippen molar-refractivity contribution in [1.29, 1.82) is 0 Å². The van der Waals surface area contributed by atoms with Gasteiger partial charge in [0.2, 0.25) is 0 Å². The third kappa shape index (κ3) is 4.53. The van der Waals surface area contributed by atoms with Crippen LogP contribution in [0.4, 0.5) is 5.82 Å². The minimum Gasteiger partial charge on any atom is -0.482 e. The fraction of sp³-hybridized carbons (Fsp3) is 0.235. The summed E-state index contributed by atoms with van der Waals surface area (Å²) in [5, 5.41) is 8.55. The van der Waals surface area contributed by atoms with Crippen LogP contribution in [0.15, 0.2) is 37.4 Å². The van der Waals surface area contributed by atoms with Gasteiger partial charge in [0.05, 0.1) is 10.8 Å². The molecule has 0 amide bonds. The Morgan fingerprint density at radius 3 is 2.67 bits per heavy atom. The molecule has 0 aliphatic heterocycles. The number of carbonyl (C=O) groups excluding carboxylic acids is 1. The first-order valence-corrected chi connectivity index (χ1v) is 10.0. The van der Waals surface area contributed by atoms with Crippen LogP contribution in [0.3, 0.4) is 0 Å². The summed E-state index contributed by atoms with van der Waals surface area (Å²) in [6, 6.07) is 4.76. The predicted octanol–water partition coefficient (Wildman–Crippen LogP) is 1.91. The third-order valence-corrected chi connectivity index (χ3v) is 5.36. The van der Waals surface area contributed by atoms with Gasteiger partial charge in [0.15, 0.2) is 12.4 Å². The van der Waals surface area contributed by atoms with Gasteiger partial charge in [-0.25, -0.2) is 4.79 Å². The lowest BCUT2D eigenvalue weighted by Crippen LogP contribution is -2.41. The molecule has 30 heavy (non-hydrogen) atoms. The highest BCUT2D eigenvalue weighted by Gasteiger charge is 2.21. The maximum absolute atomic E-state index is 12.5. The number of ketones is 1. The van der Waals surface area contributed by atoms with E-state index in [0.29, 0.717) is 15.8 Å². The predicted molar refractivity (Wildman–Crippen MR) is 111 cm³/mol. The Balaban J connectivity index is 1.65. The van der Waals surface area contributed by atoms with E-state index in [1.54, 1.807) is 12.1 Å². The lowest BCUT2D eigenvalue weighted by molar-refractivity contribution is 0.102. The summed E-state index contributed by atoms with van der Waals surface area (Å²) >= 11 is 12.8. The van der Waals surface area contributed by atoms with Gasteiger partial charge >= 0.3 is 5.69 Å². The quantitative estimate of drug-likeness (QED) is 0.404. The van der Waals surface area contributed by atoms with Gasteiger partial charge in [-0.05, 0) is 18.2 Å². The van der Waals surface area contributed by atoms with E-state index in [2.05, 4.69) is 10.2 Å². The molecule has 2 N–H and O–H groups in total.